The van der Waals surface area contributed by atoms with Gasteiger partial charge < -0.3 is 20.2 Å². The van der Waals surface area contributed by atoms with E-state index in [9.17, 15) is 37.2 Å². The van der Waals surface area contributed by atoms with E-state index in [1.165, 1.54) is 62.8 Å². The van der Waals surface area contributed by atoms with E-state index in [0.29, 0.717) is 18.5 Å². The number of nitrogens with zero attached hydrogens (tertiary/aromatic N) is 2. The molecule has 3 rings (SSSR count). The van der Waals surface area contributed by atoms with Crippen LogP contribution in [0.1, 0.15) is 84.0 Å². The van der Waals surface area contributed by atoms with Gasteiger partial charge in [-0.3, -0.25) is 13.9 Å². The van der Waals surface area contributed by atoms with Crippen molar-refractivity contribution in [2.45, 2.75) is 93.8 Å². The highest BCUT2D eigenvalue weighted by Gasteiger charge is 2.23. The molecule has 0 atom stereocenters. The van der Waals surface area contributed by atoms with Gasteiger partial charge in [-0.2, -0.15) is 13.5 Å². The first kappa shape index (κ1) is 38.5. The van der Waals surface area contributed by atoms with Crippen LogP contribution in [0.15, 0.2) is 62.5 Å². The van der Waals surface area contributed by atoms with Gasteiger partial charge in [-0.1, -0.05) is 82.2 Å². The number of carbonyl (C=O) groups is 1. The summed E-state index contributed by atoms with van der Waals surface area (Å²) < 4.78 is 50.1. The number of benzene rings is 3. The molecule has 0 aliphatic heterocycles. The zero-order chi connectivity index (χ0) is 34.5. The fraction of sp³-hybridized carbons (Fsp3) is 0.433. The largest absolute Gasteiger partial charge is 0.505 e. The molecule has 14 nitrogen and oxygen atoms in total. The maximum absolute atomic E-state index is 12.9. The molecule has 0 unspecified atom stereocenters. The second-order valence-electron chi connectivity index (χ2n) is 10.9. The van der Waals surface area contributed by atoms with Crippen molar-refractivity contribution in [1.82, 2.24) is 0 Å². The lowest BCUT2D eigenvalue weighted by Crippen LogP contribution is -2.12. The van der Waals surface area contributed by atoms with Crippen molar-refractivity contribution in [2.75, 3.05) is 5.32 Å². The van der Waals surface area contributed by atoms with E-state index in [1.807, 2.05) is 0 Å². The van der Waals surface area contributed by atoms with Crippen LogP contribution in [0.25, 0.3) is 10.8 Å². The Bertz CT molecular complexity index is 1700. The molecule has 1 amide bonds. The zero-order valence-electron chi connectivity index (χ0n) is 25.9. The third-order valence-corrected chi connectivity index (χ3v) is 9.69. The molecule has 0 radical (unpaired) electrons. The minimum absolute atomic E-state index is 0.0165. The zero-order valence-corrected chi connectivity index (χ0v) is 28.4. The molecule has 0 heterocycles. The van der Waals surface area contributed by atoms with E-state index in [4.69, 9.17) is 5.26 Å². The average Bonchev–Trinajstić information content (AvgIpc) is 3.01. The van der Waals surface area contributed by atoms with Gasteiger partial charge in [0.05, 0.1) is 38.5 Å². The maximum Gasteiger partial charge on any atom is 0.356 e. The molecule has 0 saturated carbocycles. The lowest BCUT2D eigenvalue weighted by atomic mass is 10.0. The van der Waals surface area contributed by atoms with Crippen LogP contribution in [0.4, 0.5) is 17.1 Å². The summed E-state index contributed by atoms with van der Waals surface area (Å²) >= 11 is 0.367. The van der Waals surface area contributed by atoms with Crippen molar-refractivity contribution in [3.05, 3.63) is 42.5 Å². The number of azo groups is 1. The number of hydrogen-bond donors (Lipinski definition) is 6. The molecule has 0 aliphatic rings. The summed E-state index contributed by atoms with van der Waals surface area (Å²) in [6.45, 7) is 2.19. The summed E-state index contributed by atoms with van der Waals surface area (Å²) in [6, 6.07) is 8.40. The molecule has 0 bridgehead atoms. The Balaban J connectivity index is 1.85. The number of phenols is 1. The number of aromatic hydroxyl groups is 1. The highest BCUT2D eigenvalue weighted by Crippen LogP contribution is 2.47. The van der Waals surface area contributed by atoms with Crippen LogP contribution in [-0.2, 0) is 28.8 Å². The quantitative estimate of drug-likeness (QED) is 0.0124. The molecule has 258 valence electrons. The van der Waals surface area contributed by atoms with Gasteiger partial charge in [0.15, 0.2) is 5.75 Å². The van der Waals surface area contributed by atoms with Crippen LogP contribution in [0.3, 0.4) is 0 Å². The van der Waals surface area contributed by atoms with Crippen molar-refractivity contribution in [3.8, 4) is 5.75 Å². The van der Waals surface area contributed by atoms with Crippen LogP contribution >= 0.6 is 19.6 Å². The Kier molecular flexibility index (Phi) is 15.2. The second kappa shape index (κ2) is 18.6. The van der Waals surface area contributed by atoms with E-state index >= 15 is 0 Å². The Hall–Kier alpha value is -2.92. The Morgan fingerprint density at radius 3 is 2.17 bits per heavy atom. The topological polar surface area (TPSA) is 225 Å². The first-order chi connectivity index (χ1) is 22.3. The van der Waals surface area contributed by atoms with Crippen molar-refractivity contribution < 1.29 is 51.9 Å². The highest BCUT2D eigenvalue weighted by atomic mass is 32.2. The molecule has 6 N–H and O–H groups in total. The highest BCUT2D eigenvalue weighted by molar-refractivity contribution is 7.94. The third kappa shape index (κ3) is 12.2. The van der Waals surface area contributed by atoms with E-state index in [2.05, 4.69) is 31.8 Å². The number of fused-ring (bicyclic) bond motifs is 1. The van der Waals surface area contributed by atoms with Gasteiger partial charge in [-0.05, 0) is 48.2 Å². The Morgan fingerprint density at radius 1 is 0.936 bits per heavy atom. The molecule has 0 saturated heterocycles. The number of anilines is 1. The van der Waals surface area contributed by atoms with E-state index in [1.54, 1.807) is 0 Å². The summed E-state index contributed by atoms with van der Waals surface area (Å²) in [5, 5.41) is 33.9. The van der Waals surface area contributed by atoms with Gasteiger partial charge in [0.25, 0.3) is 10.1 Å². The van der Waals surface area contributed by atoms with Gasteiger partial charge >= 0.3 is 7.60 Å². The molecule has 0 aromatic heterocycles. The van der Waals surface area contributed by atoms with Gasteiger partial charge in [0, 0.05) is 11.8 Å². The molecule has 0 aliphatic carbocycles. The predicted octanol–water partition coefficient (Wildman–Crippen LogP) is 8.08. The standard InChI is InChI=1S/C30H40N3O11PS2/c1-2-3-4-5-6-7-8-9-10-11-12-16-27(34)31-25-20-24(47(40,41)42)17-21-18-26(46-44-43-36)29(30(35)28(21)25)33-32-22-14-13-15-23(19-22)45(37,38)39/h13-15,17-20,35-36H,2-12,16H2,1H3,(H,31,34)(H2,37,38,39)(H,40,41,42)/b33-32+. The summed E-state index contributed by atoms with van der Waals surface area (Å²) in [4.78, 5) is 31.3. The Labute approximate surface area is 277 Å². The van der Waals surface area contributed by atoms with E-state index in [-0.39, 0.29) is 44.5 Å². The smallest absolute Gasteiger partial charge is 0.356 e. The number of nitrogens with one attached hydrogen (secondary N) is 1. The summed E-state index contributed by atoms with van der Waals surface area (Å²) in [5.41, 5.74) is -0.388. The molecule has 3 aromatic rings. The molecular formula is C30H40N3O11PS2. The van der Waals surface area contributed by atoms with Crippen LogP contribution < -0.4 is 10.6 Å². The Morgan fingerprint density at radius 2 is 1.57 bits per heavy atom. The number of amides is 1. The third-order valence-electron chi connectivity index (χ3n) is 7.29. The maximum atomic E-state index is 12.9. The number of carbonyl (C=O) groups excluding carboxylic acids is 1. The summed E-state index contributed by atoms with van der Waals surface area (Å²) in [7, 11) is -9.35. The number of phenolic OH excluding ortho intramolecular Hbond substituents is 1. The van der Waals surface area contributed by atoms with Crippen molar-refractivity contribution in [2.24, 2.45) is 10.2 Å². The van der Waals surface area contributed by atoms with Gasteiger partial charge in [-0.15, -0.1) is 9.45 Å². The van der Waals surface area contributed by atoms with Crippen LogP contribution in [-0.4, -0.2) is 39.0 Å². The molecule has 47 heavy (non-hydrogen) atoms. The van der Waals surface area contributed by atoms with Crippen molar-refractivity contribution in [3.63, 3.8) is 0 Å². The number of unbranched alkanes of at least 4 members (excludes halogenated alkanes) is 10. The SMILES string of the molecule is CCCCCCCCCCCCCC(=O)Nc1cc(S(=O)(=O)O)cc2cc(SOOO)c(/N=N/c3cccc(P(=O)(O)O)c3)c(O)c12. The monoisotopic (exact) mass is 713 g/mol. The number of rotatable bonds is 20. The lowest BCUT2D eigenvalue weighted by molar-refractivity contribution is -0.432. The van der Waals surface area contributed by atoms with Crippen LogP contribution in [0.2, 0.25) is 0 Å². The average molecular weight is 714 g/mol. The molecular weight excluding hydrogens is 673 g/mol. The summed E-state index contributed by atoms with van der Waals surface area (Å²) in [6.07, 6.45) is 12.3. The second-order valence-corrected chi connectivity index (χ2v) is 14.7. The van der Waals surface area contributed by atoms with Crippen LogP contribution in [0, 0.1) is 0 Å². The molecule has 0 spiro atoms. The first-order valence-corrected chi connectivity index (χ1v) is 19.0. The van der Waals surface area contributed by atoms with Gasteiger partial charge in [0.2, 0.25) is 5.91 Å². The first-order valence-electron chi connectivity index (χ1n) is 15.2. The van der Waals surface area contributed by atoms with Crippen LogP contribution in [0.5, 0.6) is 5.75 Å². The van der Waals surface area contributed by atoms with Gasteiger partial charge in [-0.25, -0.2) is 5.26 Å². The summed E-state index contributed by atoms with van der Waals surface area (Å²) in [5.74, 6) is -1.03. The fourth-order valence-electron chi connectivity index (χ4n) is 4.93. The fourth-order valence-corrected chi connectivity index (χ4v) is 6.54. The van der Waals surface area contributed by atoms with Gasteiger partial charge in [0.1, 0.15) is 5.69 Å². The molecule has 0 fully saturated rings. The normalized spacial score (nSPS) is 12.3. The van der Waals surface area contributed by atoms with Crippen molar-refractivity contribution >= 4 is 68.8 Å². The minimum Gasteiger partial charge on any atom is -0.505 e. The lowest BCUT2D eigenvalue weighted by Gasteiger charge is -2.15. The van der Waals surface area contributed by atoms with E-state index in [0.717, 1.165) is 43.9 Å². The predicted molar refractivity (Wildman–Crippen MR) is 178 cm³/mol. The minimum atomic E-state index is -4.75. The number of hydrogen-bond acceptors (Lipinski definition) is 11. The van der Waals surface area contributed by atoms with E-state index < -0.39 is 34.3 Å². The van der Waals surface area contributed by atoms with Crippen molar-refractivity contribution in [1.29, 1.82) is 0 Å². The molecule has 3 aromatic carbocycles. The molecule has 17 heteroatoms.